The van der Waals surface area contributed by atoms with E-state index in [1.807, 2.05) is 56.3 Å². The summed E-state index contributed by atoms with van der Waals surface area (Å²) in [6.07, 6.45) is 2.97. The average molecular weight is 354 g/mol. The lowest BCUT2D eigenvalue weighted by Gasteiger charge is -2.09. The van der Waals surface area contributed by atoms with Gasteiger partial charge in [-0.1, -0.05) is 30.3 Å². The smallest absolute Gasteiger partial charge is 0.276 e. The molecule has 0 aliphatic rings. The van der Waals surface area contributed by atoms with E-state index in [9.17, 15) is 9.59 Å². The van der Waals surface area contributed by atoms with Crippen molar-refractivity contribution >= 4 is 17.9 Å². The normalized spacial score (nSPS) is 10.4. The number of hydrogen-bond acceptors (Lipinski definition) is 4. The number of aryl methyl sites for hydroxylation is 1. The number of hydrogen-bond donors (Lipinski definition) is 2. The van der Waals surface area contributed by atoms with Crippen LogP contribution in [0.25, 0.3) is 6.08 Å². The molecule has 0 aliphatic heterocycles. The van der Waals surface area contributed by atoms with E-state index >= 15 is 0 Å². The molecule has 0 atom stereocenters. The van der Waals surface area contributed by atoms with Gasteiger partial charge in [0, 0.05) is 6.08 Å². The molecule has 26 heavy (non-hydrogen) atoms. The van der Waals surface area contributed by atoms with E-state index in [1.54, 1.807) is 12.1 Å². The average Bonchev–Trinajstić information content (AvgIpc) is 2.65. The number of para-hydroxylation sites is 1. The van der Waals surface area contributed by atoms with Crippen LogP contribution in [0.4, 0.5) is 0 Å². The van der Waals surface area contributed by atoms with Crippen LogP contribution in [0.1, 0.15) is 18.1 Å². The summed E-state index contributed by atoms with van der Waals surface area (Å²) in [7, 11) is 0. The molecule has 0 aliphatic carbocycles. The first kappa shape index (κ1) is 19.1. The SMILES string of the molecule is CCOc1ccc(/C=C/C(=O)NNC(=O)COc2ccccc2C)cc1. The van der Waals surface area contributed by atoms with Crippen molar-refractivity contribution in [2.75, 3.05) is 13.2 Å². The van der Waals surface area contributed by atoms with E-state index in [1.165, 1.54) is 6.08 Å². The van der Waals surface area contributed by atoms with Crippen molar-refractivity contribution < 1.29 is 19.1 Å². The summed E-state index contributed by atoms with van der Waals surface area (Å²) >= 11 is 0. The maximum absolute atomic E-state index is 11.7. The molecule has 0 radical (unpaired) electrons. The largest absolute Gasteiger partial charge is 0.494 e. The molecule has 2 N–H and O–H groups in total. The van der Waals surface area contributed by atoms with Crippen LogP contribution in [0.15, 0.2) is 54.6 Å². The van der Waals surface area contributed by atoms with E-state index < -0.39 is 11.8 Å². The number of rotatable bonds is 7. The summed E-state index contributed by atoms with van der Waals surface area (Å²) in [6.45, 7) is 4.22. The zero-order valence-electron chi connectivity index (χ0n) is 14.8. The van der Waals surface area contributed by atoms with Gasteiger partial charge in [-0.15, -0.1) is 0 Å². The first-order chi connectivity index (χ1) is 12.6. The van der Waals surface area contributed by atoms with Crippen LogP contribution in [-0.2, 0) is 9.59 Å². The predicted molar refractivity (Wildman–Crippen MR) is 99.6 cm³/mol. The van der Waals surface area contributed by atoms with Gasteiger partial charge >= 0.3 is 0 Å². The van der Waals surface area contributed by atoms with E-state index in [0.717, 1.165) is 16.9 Å². The fraction of sp³-hybridized carbons (Fsp3) is 0.200. The second-order valence-corrected chi connectivity index (χ2v) is 5.43. The highest BCUT2D eigenvalue weighted by atomic mass is 16.5. The third-order valence-electron chi connectivity index (χ3n) is 3.40. The number of nitrogens with one attached hydrogen (secondary N) is 2. The number of ether oxygens (including phenoxy) is 2. The number of amides is 2. The predicted octanol–water partition coefficient (Wildman–Crippen LogP) is 2.63. The molecule has 0 aromatic heterocycles. The van der Waals surface area contributed by atoms with Gasteiger partial charge in [-0.2, -0.15) is 0 Å². The summed E-state index contributed by atoms with van der Waals surface area (Å²) in [5.74, 6) is 0.513. The van der Waals surface area contributed by atoms with Gasteiger partial charge in [-0.05, 0) is 49.2 Å². The first-order valence-electron chi connectivity index (χ1n) is 8.26. The molecule has 0 fully saturated rings. The molecule has 0 spiro atoms. The van der Waals surface area contributed by atoms with Crippen molar-refractivity contribution in [2.24, 2.45) is 0 Å². The summed E-state index contributed by atoms with van der Waals surface area (Å²) < 4.78 is 10.7. The lowest BCUT2D eigenvalue weighted by molar-refractivity contribution is -0.128. The Balaban J connectivity index is 1.73. The van der Waals surface area contributed by atoms with Crippen LogP contribution < -0.4 is 20.3 Å². The standard InChI is InChI=1S/C20H22N2O4/c1-3-25-17-11-8-16(9-12-17)10-13-19(23)21-22-20(24)14-26-18-7-5-4-6-15(18)2/h4-13H,3,14H2,1-2H3,(H,21,23)(H,22,24)/b13-10+. The van der Waals surface area contributed by atoms with E-state index in [4.69, 9.17) is 9.47 Å². The lowest BCUT2D eigenvalue weighted by Crippen LogP contribution is -2.43. The molecule has 2 aromatic carbocycles. The zero-order chi connectivity index (χ0) is 18.8. The Labute approximate surface area is 152 Å². The van der Waals surface area contributed by atoms with Gasteiger partial charge in [0.15, 0.2) is 6.61 Å². The number of carbonyl (C=O) groups is 2. The highest BCUT2D eigenvalue weighted by Crippen LogP contribution is 2.15. The third kappa shape index (κ3) is 6.32. The maximum Gasteiger partial charge on any atom is 0.276 e. The quantitative estimate of drug-likeness (QED) is 0.592. The van der Waals surface area contributed by atoms with Crippen molar-refractivity contribution in [1.29, 1.82) is 0 Å². The fourth-order valence-corrected chi connectivity index (χ4v) is 2.08. The van der Waals surface area contributed by atoms with Gasteiger partial charge < -0.3 is 9.47 Å². The number of carbonyl (C=O) groups excluding carboxylic acids is 2. The van der Waals surface area contributed by atoms with Gasteiger partial charge in [-0.3, -0.25) is 20.4 Å². The molecular weight excluding hydrogens is 332 g/mol. The Kier molecular flexibility index (Phi) is 7.24. The molecular formula is C20H22N2O4. The second-order valence-electron chi connectivity index (χ2n) is 5.43. The molecule has 6 nitrogen and oxygen atoms in total. The van der Waals surface area contributed by atoms with Crippen LogP contribution in [0, 0.1) is 6.92 Å². The Morgan fingerprint density at radius 1 is 1.00 bits per heavy atom. The fourth-order valence-electron chi connectivity index (χ4n) is 2.08. The van der Waals surface area contributed by atoms with E-state index in [-0.39, 0.29) is 6.61 Å². The van der Waals surface area contributed by atoms with Crippen molar-refractivity contribution in [3.63, 3.8) is 0 Å². The summed E-state index contributed by atoms with van der Waals surface area (Å²) in [4.78, 5) is 23.5. The Hall–Kier alpha value is -3.28. The molecule has 2 rings (SSSR count). The monoisotopic (exact) mass is 354 g/mol. The molecule has 2 amide bonds. The van der Waals surface area contributed by atoms with Gasteiger partial charge in [-0.25, -0.2) is 0 Å². The van der Waals surface area contributed by atoms with E-state index in [0.29, 0.717) is 12.4 Å². The van der Waals surface area contributed by atoms with Gasteiger partial charge in [0.25, 0.3) is 11.8 Å². The maximum atomic E-state index is 11.7. The molecule has 0 bridgehead atoms. The zero-order valence-corrected chi connectivity index (χ0v) is 14.8. The highest BCUT2D eigenvalue weighted by molar-refractivity contribution is 5.93. The molecule has 0 saturated heterocycles. The molecule has 0 unspecified atom stereocenters. The number of hydrazine groups is 1. The summed E-state index contributed by atoms with van der Waals surface area (Å²) in [5, 5.41) is 0. The minimum absolute atomic E-state index is 0.187. The van der Waals surface area contributed by atoms with Crippen LogP contribution in [-0.4, -0.2) is 25.0 Å². The van der Waals surface area contributed by atoms with Crippen molar-refractivity contribution in [1.82, 2.24) is 10.9 Å². The topological polar surface area (TPSA) is 76.7 Å². The minimum atomic E-state index is -0.448. The summed E-state index contributed by atoms with van der Waals surface area (Å²) in [5.41, 5.74) is 6.38. The van der Waals surface area contributed by atoms with Crippen LogP contribution >= 0.6 is 0 Å². The first-order valence-corrected chi connectivity index (χ1v) is 8.26. The summed E-state index contributed by atoms with van der Waals surface area (Å²) in [6, 6.07) is 14.7. The van der Waals surface area contributed by atoms with Gasteiger partial charge in [0.1, 0.15) is 11.5 Å². The Bertz CT molecular complexity index is 770. The van der Waals surface area contributed by atoms with Crippen molar-refractivity contribution in [3.8, 4) is 11.5 Å². The number of benzene rings is 2. The van der Waals surface area contributed by atoms with Crippen LogP contribution in [0.3, 0.4) is 0 Å². The van der Waals surface area contributed by atoms with Crippen LogP contribution in [0.5, 0.6) is 11.5 Å². The third-order valence-corrected chi connectivity index (χ3v) is 3.40. The van der Waals surface area contributed by atoms with Crippen molar-refractivity contribution in [3.05, 3.63) is 65.7 Å². The van der Waals surface area contributed by atoms with Gasteiger partial charge in [0.05, 0.1) is 6.61 Å². The second kappa shape index (κ2) is 9.88. The highest BCUT2D eigenvalue weighted by Gasteiger charge is 2.05. The van der Waals surface area contributed by atoms with Gasteiger partial charge in [0.2, 0.25) is 0 Å². The molecule has 0 saturated carbocycles. The van der Waals surface area contributed by atoms with Crippen molar-refractivity contribution in [2.45, 2.75) is 13.8 Å². The Morgan fingerprint density at radius 3 is 2.42 bits per heavy atom. The Morgan fingerprint density at radius 2 is 1.73 bits per heavy atom. The minimum Gasteiger partial charge on any atom is -0.494 e. The van der Waals surface area contributed by atoms with E-state index in [2.05, 4.69) is 10.9 Å². The van der Waals surface area contributed by atoms with Crippen LogP contribution in [0.2, 0.25) is 0 Å². The molecule has 136 valence electrons. The lowest BCUT2D eigenvalue weighted by atomic mass is 10.2. The molecule has 0 heterocycles. The molecule has 2 aromatic rings. The molecule has 6 heteroatoms.